The third kappa shape index (κ3) is 9.84. The zero-order valence-corrected chi connectivity index (χ0v) is 36.8. The van der Waals surface area contributed by atoms with E-state index in [-0.39, 0.29) is 89.2 Å². The maximum atomic E-state index is 14.6. The molecule has 4 amide bonds. The van der Waals surface area contributed by atoms with Crippen LogP contribution in [-0.2, 0) is 23.9 Å². The monoisotopic (exact) mass is 912 g/mol. The molecule has 23 heteroatoms. The Morgan fingerprint density at radius 1 is 0.652 bits per heavy atom. The van der Waals surface area contributed by atoms with E-state index in [1.807, 2.05) is 13.8 Å². The van der Waals surface area contributed by atoms with Gasteiger partial charge >= 0.3 is 0 Å². The third-order valence-corrected chi connectivity index (χ3v) is 11.8. The number of hydrogen-bond acceptors (Lipinski definition) is 13. The Bertz CT molecular complexity index is 2680. The molecule has 3 fully saturated rings. The number of rotatable bonds is 11. The van der Waals surface area contributed by atoms with Crippen LogP contribution in [0, 0.1) is 17.6 Å². The molecule has 0 bridgehead atoms. The highest BCUT2D eigenvalue weighted by Gasteiger charge is 2.33. The molecule has 8 heterocycles. The third-order valence-electron chi connectivity index (χ3n) is 11.8. The van der Waals surface area contributed by atoms with Crippen LogP contribution >= 0.6 is 0 Å². The Labute approximate surface area is 376 Å². The highest BCUT2D eigenvalue weighted by atomic mass is 19.1. The number of amides is 4. The van der Waals surface area contributed by atoms with Gasteiger partial charge in [0.15, 0.2) is 23.3 Å². The molecule has 0 aromatic carbocycles. The maximum Gasteiger partial charge on any atom is 0.295 e. The largest absolute Gasteiger partial charge is 0.375 e. The summed E-state index contributed by atoms with van der Waals surface area (Å²) in [6.45, 7) is 6.30. The number of halogens is 2. The van der Waals surface area contributed by atoms with Crippen molar-refractivity contribution in [2.24, 2.45) is 5.92 Å². The molecule has 2 aliphatic heterocycles. The Kier molecular flexibility index (Phi) is 14.9. The molecule has 6 aromatic rings. The average Bonchev–Trinajstić information content (AvgIpc) is 4.22. The van der Waals surface area contributed by atoms with Gasteiger partial charge in [0.1, 0.15) is 6.61 Å². The first-order chi connectivity index (χ1) is 32.0. The first-order valence-electron chi connectivity index (χ1n) is 21.8. The summed E-state index contributed by atoms with van der Waals surface area (Å²) in [6.07, 6.45) is 16.9. The Balaban J connectivity index is 0.000000191. The summed E-state index contributed by atoms with van der Waals surface area (Å²) in [5.41, 5.74) is 0.330. The molecule has 2 saturated heterocycles. The van der Waals surface area contributed by atoms with Gasteiger partial charge < -0.3 is 34.3 Å². The van der Waals surface area contributed by atoms with Gasteiger partial charge in [0.05, 0.1) is 70.1 Å². The molecular weight excluding hydrogens is 863 g/mol. The highest BCUT2D eigenvalue weighted by molar-refractivity contribution is 6.45. The topological polar surface area (TPSA) is 243 Å². The standard InChI is InChI=1S/C23H26FN7O3.C18H18FN7O4.C2H6/c24-17-14-26-22(31-8-7-27-28-31)20-19(17)16(13-25-20)21(33)23(34)30-11-9-29(10-12-30)18(32)6-5-15-3-1-2-4-15;1-30-10-13(27)24-4-6-25(7-5-24)18(29)16(28)11-8-20-15-14(11)12(19)9-21-17(15)26-3-2-22-23-26;1-2/h7-8,13-15,25H,1-6,9-12H2;2-3,8-9,20H,4-7,10H2,1H3;1-2H3. The van der Waals surface area contributed by atoms with E-state index in [1.54, 1.807) is 16.0 Å². The Morgan fingerprint density at radius 2 is 1.08 bits per heavy atom. The zero-order valence-electron chi connectivity index (χ0n) is 36.8. The lowest BCUT2D eigenvalue weighted by Gasteiger charge is -2.34. The van der Waals surface area contributed by atoms with Crippen LogP contribution in [0.15, 0.2) is 49.6 Å². The van der Waals surface area contributed by atoms with E-state index in [2.05, 4.69) is 40.6 Å². The molecule has 21 nitrogen and oxygen atoms in total. The predicted octanol–water partition coefficient (Wildman–Crippen LogP) is 2.92. The van der Waals surface area contributed by atoms with Gasteiger partial charge in [-0.2, -0.15) is 0 Å². The van der Waals surface area contributed by atoms with Crippen molar-refractivity contribution in [2.75, 3.05) is 66.1 Å². The number of ether oxygens (including phenoxy) is 1. The molecule has 2 N–H and O–H groups in total. The number of Topliss-reactive ketones (excluding diaryl/α,β-unsaturated/α-hetero) is 2. The summed E-state index contributed by atoms with van der Waals surface area (Å²) in [6, 6.07) is 0. The van der Waals surface area contributed by atoms with Gasteiger partial charge in [-0.25, -0.2) is 28.1 Å². The number of H-pyrrole nitrogens is 2. The number of piperazine rings is 2. The number of hydrogen-bond donors (Lipinski definition) is 2. The van der Waals surface area contributed by atoms with Crippen LogP contribution in [0.5, 0.6) is 0 Å². The van der Waals surface area contributed by atoms with Gasteiger partial charge in [-0.15, -0.1) is 10.2 Å². The van der Waals surface area contributed by atoms with Gasteiger partial charge in [0.25, 0.3) is 23.4 Å². The highest BCUT2D eigenvalue weighted by Crippen LogP contribution is 2.30. The molecule has 1 aliphatic carbocycles. The van der Waals surface area contributed by atoms with Gasteiger partial charge in [0, 0.05) is 78.3 Å². The van der Waals surface area contributed by atoms with E-state index < -0.39 is 35.0 Å². The average molecular weight is 913 g/mol. The van der Waals surface area contributed by atoms with Crippen LogP contribution < -0.4 is 0 Å². The molecule has 0 unspecified atom stereocenters. The zero-order chi connectivity index (χ0) is 46.9. The first-order valence-corrected chi connectivity index (χ1v) is 21.8. The molecule has 9 rings (SSSR count). The second-order valence-electron chi connectivity index (χ2n) is 15.6. The number of nitrogens with one attached hydrogen (secondary N) is 2. The van der Waals surface area contributed by atoms with Crippen LogP contribution in [-0.4, -0.2) is 171 Å². The molecular formula is C43H50F2N14O7. The Morgan fingerprint density at radius 3 is 1.48 bits per heavy atom. The minimum Gasteiger partial charge on any atom is -0.375 e. The van der Waals surface area contributed by atoms with Crippen molar-refractivity contribution in [2.45, 2.75) is 52.4 Å². The minimum atomic E-state index is -0.840. The number of aromatic amines is 2. The summed E-state index contributed by atoms with van der Waals surface area (Å²) in [5, 5.41) is 15.0. The summed E-state index contributed by atoms with van der Waals surface area (Å²) in [7, 11) is 1.43. The molecule has 0 atom stereocenters. The first kappa shape index (κ1) is 46.7. The normalized spacial score (nSPS) is 15.3. The SMILES string of the molecule is CC.COCC(=O)N1CCN(C(=O)C(=O)c2c[nH]c3c(-n4ccnn4)ncc(F)c23)CC1.O=C(C(=O)N1CCN(C(=O)CCC2CCCC2)CC1)c1c[nH]c2c(-n3ccnn3)ncc(F)c12. The molecule has 0 spiro atoms. The van der Waals surface area contributed by atoms with Gasteiger partial charge in [-0.1, -0.05) is 50.0 Å². The fraction of sp³-hybridized carbons (Fsp3) is 0.442. The fourth-order valence-corrected chi connectivity index (χ4v) is 8.37. The maximum absolute atomic E-state index is 14.6. The number of carbonyl (C=O) groups excluding carboxylic acids is 6. The molecule has 6 aromatic heterocycles. The van der Waals surface area contributed by atoms with Crippen molar-refractivity contribution in [1.29, 1.82) is 0 Å². The minimum absolute atomic E-state index is 0.0143. The van der Waals surface area contributed by atoms with Crippen LogP contribution in [0.1, 0.15) is 73.1 Å². The smallest absolute Gasteiger partial charge is 0.295 e. The number of fused-ring (bicyclic) bond motifs is 2. The van der Waals surface area contributed by atoms with E-state index in [1.165, 1.54) is 82.9 Å². The van der Waals surface area contributed by atoms with Crippen molar-refractivity contribution < 1.29 is 42.3 Å². The van der Waals surface area contributed by atoms with Gasteiger partial charge in [-0.05, 0) is 12.3 Å². The number of aromatic nitrogens is 10. The number of ketones is 2. The lowest BCUT2D eigenvalue weighted by atomic mass is 10.0. The van der Waals surface area contributed by atoms with Crippen LogP contribution in [0.25, 0.3) is 33.4 Å². The Hall–Kier alpha value is -7.30. The van der Waals surface area contributed by atoms with Crippen molar-refractivity contribution in [3.05, 3.63) is 72.3 Å². The fourth-order valence-electron chi connectivity index (χ4n) is 8.37. The van der Waals surface area contributed by atoms with E-state index in [4.69, 9.17) is 4.74 Å². The number of carbonyl (C=O) groups is 6. The summed E-state index contributed by atoms with van der Waals surface area (Å²) < 4.78 is 36.7. The second-order valence-corrected chi connectivity index (χ2v) is 15.6. The van der Waals surface area contributed by atoms with Gasteiger partial charge in [-0.3, -0.25) is 28.8 Å². The lowest BCUT2D eigenvalue weighted by Crippen LogP contribution is -2.52. The molecule has 0 radical (unpaired) electrons. The molecule has 1 saturated carbocycles. The second kappa shape index (κ2) is 21.1. The van der Waals surface area contributed by atoms with E-state index >= 15 is 0 Å². The van der Waals surface area contributed by atoms with E-state index in [0.717, 1.165) is 18.8 Å². The number of pyridine rings is 2. The predicted molar refractivity (Wildman–Crippen MR) is 231 cm³/mol. The summed E-state index contributed by atoms with van der Waals surface area (Å²) in [4.78, 5) is 95.8. The van der Waals surface area contributed by atoms with Crippen LogP contribution in [0.3, 0.4) is 0 Å². The lowest BCUT2D eigenvalue weighted by molar-refractivity contribution is -0.140. The van der Waals surface area contributed by atoms with E-state index in [9.17, 15) is 37.5 Å². The summed E-state index contributed by atoms with van der Waals surface area (Å²) in [5.74, 6) is -3.46. The molecule has 348 valence electrons. The quantitative estimate of drug-likeness (QED) is 0.141. The molecule has 66 heavy (non-hydrogen) atoms. The number of nitrogens with zero attached hydrogens (tertiary/aromatic N) is 12. The van der Waals surface area contributed by atoms with Crippen molar-refractivity contribution >= 4 is 57.0 Å². The van der Waals surface area contributed by atoms with E-state index in [0.29, 0.717) is 38.5 Å². The van der Waals surface area contributed by atoms with Crippen molar-refractivity contribution in [1.82, 2.24) is 69.5 Å². The summed E-state index contributed by atoms with van der Waals surface area (Å²) >= 11 is 0. The van der Waals surface area contributed by atoms with Gasteiger partial charge in [0.2, 0.25) is 11.8 Å². The molecule has 3 aliphatic rings. The van der Waals surface area contributed by atoms with Crippen molar-refractivity contribution in [3.63, 3.8) is 0 Å². The van der Waals surface area contributed by atoms with Crippen LogP contribution in [0.4, 0.5) is 8.78 Å². The van der Waals surface area contributed by atoms with Crippen LogP contribution in [0.2, 0.25) is 0 Å². The number of methoxy groups -OCH3 is 1. The van der Waals surface area contributed by atoms with Crippen molar-refractivity contribution in [3.8, 4) is 11.6 Å².